The average Bonchev–Trinajstić information content (AvgIpc) is 3.27. The van der Waals surface area contributed by atoms with Gasteiger partial charge in [-0.15, -0.1) is 0 Å². The Morgan fingerprint density at radius 2 is 2.04 bits per heavy atom. The van der Waals surface area contributed by atoms with E-state index in [1.165, 1.54) is 0 Å². The number of carbonyl (C=O) groups is 1. The summed E-state index contributed by atoms with van der Waals surface area (Å²) in [5.41, 5.74) is 1.46. The van der Waals surface area contributed by atoms with Crippen molar-refractivity contribution in [3.05, 3.63) is 47.2 Å². The van der Waals surface area contributed by atoms with Crippen molar-refractivity contribution < 1.29 is 9.90 Å². The molecule has 0 saturated heterocycles. The molecule has 23 heavy (non-hydrogen) atoms. The molecule has 0 atom stereocenters. The molecule has 1 heterocycles. The van der Waals surface area contributed by atoms with Gasteiger partial charge in [0.25, 0.3) is 5.91 Å². The molecule has 5 nitrogen and oxygen atoms in total. The minimum absolute atomic E-state index is 0.0191. The molecular weight excluding hydrogens is 314 g/mol. The highest BCUT2D eigenvalue weighted by molar-refractivity contribution is 6.30. The van der Waals surface area contributed by atoms with Crippen LogP contribution in [0.4, 0.5) is 0 Å². The molecule has 0 unspecified atom stereocenters. The van der Waals surface area contributed by atoms with Crippen molar-refractivity contribution in [1.29, 1.82) is 0 Å². The lowest BCUT2D eigenvalue weighted by atomic mass is 10.2. The Kier molecular flexibility index (Phi) is 4.98. The van der Waals surface area contributed by atoms with Crippen LogP contribution < -0.4 is 0 Å². The van der Waals surface area contributed by atoms with Crippen LogP contribution in [0.1, 0.15) is 36.0 Å². The van der Waals surface area contributed by atoms with Crippen LogP contribution in [0.5, 0.6) is 0 Å². The number of nitrogens with zero attached hydrogens (tertiary/aromatic N) is 3. The third-order valence-electron chi connectivity index (χ3n) is 3.98. The van der Waals surface area contributed by atoms with E-state index < -0.39 is 0 Å². The first kappa shape index (κ1) is 16.0. The van der Waals surface area contributed by atoms with Crippen LogP contribution >= 0.6 is 11.6 Å². The molecule has 0 spiro atoms. The van der Waals surface area contributed by atoms with Gasteiger partial charge in [0.15, 0.2) is 0 Å². The first-order chi connectivity index (χ1) is 11.2. The van der Waals surface area contributed by atoms with E-state index in [2.05, 4.69) is 5.10 Å². The topological polar surface area (TPSA) is 58.4 Å². The molecule has 1 amide bonds. The Balaban J connectivity index is 1.72. The molecule has 1 fully saturated rings. The van der Waals surface area contributed by atoms with Crippen LogP contribution in [0.25, 0.3) is 5.69 Å². The van der Waals surface area contributed by atoms with E-state index in [4.69, 9.17) is 16.7 Å². The van der Waals surface area contributed by atoms with E-state index in [0.29, 0.717) is 23.2 Å². The summed E-state index contributed by atoms with van der Waals surface area (Å²) >= 11 is 5.89. The molecule has 1 aromatic carbocycles. The fourth-order valence-electron chi connectivity index (χ4n) is 2.56. The first-order valence-corrected chi connectivity index (χ1v) is 8.29. The number of aliphatic hydroxyl groups is 1. The largest absolute Gasteiger partial charge is 0.396 e. The van der Waals surface area contributed by atoms with Crippen LogP contribution in [0.15, 0.2) is 36.7 Å². The predicted octanol–water partition coefficient (Wildman–Crippen LogP) is 2.90. The minimum atomic E-state index is 0.0191. The standard InChI is InChI=1S/C17H20ClN3O2/c18-14-3-5-16(6-4-14)21-12-13(11-19-21)17(23)20(15-7-8-15)9-1-2-10-22/h3-6,11-12,15,22H,1-2,7-10H2. The summed E-state index contributed by atoms with van der Waals surface area (Å²) in [4.78, 5) is 14.6. The van der Waals surface area contributed by atoms with Crippen molar-refractivity contribution in [1.82, 2.24) is 14.7 Å². The third kappa shape index (κ3) is 3.92. The molecule has 1 saturated carbocycles. The zero-order chi connectivity index (χ0) is 16.2. The van der Waals surface area contributed by atoms with Gasteiger partial charge in [-0.25, -0.2) is 4.68 Å². The zero-order valence-corrected chi connectivity index (χ0v) is 13.6. The highest BCUT2D eigenvalue weighted by atomic mass is 35.5. The summed E-state index contributed by atoms with van der Waals surface area (Å²) in [6.07, 6.45) is 7.04. The summed E-state index contributed by atoms with van der Waals surface area (Å²) < 4.78 is 1.68. The maximum Gasteiger partial charge on any atom is 0.257 e. The molecule has 3 rings (SSSR count). The Labute approximate surface area is 140 Å². The summed E-state index contributed by atoms with van der Waals surface area (Å²) in [7, 11) is 0. The maximum atomic E-state index is 12.7. The molecular formula is C17H20ClN3O2. The number of unbranched alkanes of at least 4 members (excludes halogenated alkanes) is 1. The Morgan fingerprint density at radius 1 is 1.30 bits per heavy atom. The minimum Gasteiger partial charge on any atom is -0.396 e. The monoisotopic (exact) mass is 333 g/mol. The Hall–Kier alpha value is -1.85. The number of halogens is 1. The van der Waals surface area contributed by atoms with E-state index in [1.807, 2.05) is 17.0 Å². The normalized spacial score (nSPS) is 14.0. The van der Waals surface area contributed by atoms with Crippen LogP contribution in [0.2, 0.25) is 5.02 Å². The molecule has 1 aliphatic rings. The highest BCUT2D eigenvalue weighted by Crippen LogP contribution is 2.28. The highest BCUT2D eigenvalue weighted by Gasteiger charge is 2.33. The summed E-state index contributed by atoms with van der Waals surface area (Å²) in [6, 6.07) is 7.67. The van der Waals surface area contributed by atoms with Gasteiger partial charge < -0.3 is 10.0 Å². The second-order valence-electron chi connectivity index (χ2n) is 5.81. The van der Waals surface area contributed by atoms with E-state index in [-0.39, 0.29) is 12.5 Å². The maximum absolute atomic E-state index is 12.7. The van der Waals surface area contributed by atoms with Crippen LogP contribution in [0, 0.1) is 0 Å². The van der Waals surface area contributed by atoms with Crippen LogP contribution in [-0.4, -0.2) is 44.9 Å². The van der Waals surface area contributed by atoms with Gasteiger partial charge in [-0.3, -0.25) is 4.79 Å². The zero-order valence-electron chi connectivity index (χ0n) is 12.9. The molecule has 0 aliphatic heterocycles. The number of carbonyl (C=O) groups excluding carboxylic acids is 1. The number of hydrogen-bond donors (Lipinski definition) is 1. The Bertz CT molecular complexity index is 665. The summed E-state index contributed by atoms with van der Waals surface area (Å²) in [5.74, 6) is 0.0191. The van der Waals surface area contributed by atoms with Gasteiger partial charge in [0.1, 0.15) is 0 Å². The van der Waals surface area contributed by atoms with E-state index in [9.17, 15) is 4.79 Å². The smallest absolute Gasteiger partial charge is 0.257 e. The fourth-order valence-corrected chi connectivity index (χ4v) is 2.69. The molecule has 1 aromatic heterocycles. The number of aromatic nitrogens is 2. The molecule has 0 radical (unpaired) electrons. The van der Waals surface area contributed by atoms with E-state index in [0.717, 1.165) is 31.4 Å². The Morgan fingerprint density at radius 3 is 2.70 bits per heavy atom. The number of benzene rings is 1. The fraction of sp³-hybridized carbons (Fsp3) is 0.412. The van der Waals surface area contributed by atoms with Crippen LogP contribution in [-0.2, 0) is 0 Å². The van der Waals surface area contributed by atoms with Crippen LogP contribution in [0.3, 0.4) is 0 Å². The second-order valence-corrected chi connectivity index (χ2v) is 6.25. The van der Waals surface area contributed by atoms with Gasteiger partial charge in [0.2, 0.25) is 0 Å². The molecule has 1 N–H and O–H groups in total. The average molecular weight is 334 g/mol. The second kappa shape index (κ2) is 7.15. The van der Waals surface area contributed by atoms with Crippen molar-refractivity contribution in [3.63, 3.8) is 0 Å². The number of rotatable bonds is 7. The molecule has 6 heteroatoms. The lowest BCUT2D eigenvalue weighted by Crippen LogP contribution is -2.34. The van der Waals surface area contributed by atoms with Crippen molar-refractivity contribution in [3.8, 4) is 5.69 Å². The number of aliphatic hydroxyl groups excluding tert-OH is 1. The number of amides is 1. The van der Waals surface area contributed by atoms with Gasteiger partial charge in [0.05, 0.1) is 17.4 Å². The molecule has 0 bridgehead atoms. The van der Waals surface area contributed by atoms with Crippen molar-refractivity contribution in [2.45, 2.75) is 31.7 Å². The quantitative estimate of drug-likeness (QED) is 0.793. The SMILES string of the molecule is O=C(c1cnn(-c2ccc(Cl)cc2)c1)N(CCCCO)C1CC1. The molecule has 1 aliphatic carbocycles. The lowest BCUT2D eigenvalue weighted by molar-refractivity contribution is 0.0737. The third-order valence-corrected chi connectivity index (χ3v) is 4.23. The van der Waals surface area contributed by atoms with Crippen molar-refractivity contribution in [2.75, 3.05) is 13.2 Å². The number of hydrogen-bond acceptors (Lipinski definition) is 3. The van der Waals surface area contributed by atoms with Gasteiger partial charge in [-0.05, 0) is 49.9 Å². The summed E-state index contributed by atoms with van der Waals surface area (Å²) in [5, 5.41) is 13.9. The lowest BCUT2D eigenvalue weighted by Gasteiger charge is -2.21. The molecule has 2 aromatic rings. The molecule has 122 valence electrons. The summed E-state index contributed by atoms with van der Waals surface area (Å²) in [6.45, 7) is 0.859. The first-order valence-electron chi connectivity index (χ1n) is 7.91. The predicted molar refractivity (Wildman–Crippen MR) is 89.0 cm³/mol. The van der Waals surface area contributed by atoms with Crippen molar-refractivity contribution >= 4 is 17.5 Å². The van der Waals surface area contributed by atoms with E-state index in [1.54, 1.807) is 29.2 Å². The van der Waals surface area contributed by atoms with Crippen molar-refractivity contribution in [2.24, 2.45) is 0 Å². The van der Waals surface area contributed by atoms with Gasteiger partial charge >= 0.3 is 0 Å². The van der Waals surface area contributed by atoms with Gasteiger partial charge in [0, 0.05) is 30.4 Å². The van der Waals surface area contributed by atoms with Gasteiger partial charge in [-0.1, -0.05) is 11.6 Å². The van der Waals surface area contributed by atoms with Gasteiger partial charge in [-0.2, -0.15) is 5.10 Å². The van der Waals surface area contributed by atoms with E-state index >= 15 is 0 Å².